The first-order valence-corrected chi connectivity index (χ1v) is 11.5. The van der Waals surface area contributed by atoms with Crippen LogP contribution in [0.3, 0.4) is 0 Å². The molecule has 4 heterocycles. The lowest BCUT2D eigenvalue weighted by atomic mass is 10.0. The lowest BCUT2D eigenvalue weighted by Crippen LogP contribution is -2.71. The fourth-order valence-corrected chi connectivity index (χ4v) is 5.77. The van der Waals surface area contributed by atoms with E-state index in [-0.39, 0.29) is 12.2 Å². The zero-order chi connectivity index (χ0) is 21.3. The van der Waals surface area contributed by atoms with Gasteiger partial charge in [-0.05, 0) is 5.57 Å². The highest BCUT2D eigenvalue weighted by Gasteiger charge is 2.54. The smallest absolute Gasteiger partial charge is 0.352 e. The lowest BCUT2D eigenvalue weighted by molar-refractivity contribution is -0.150. The second-order valence-electron chi connectivity index (χ2n) is 6.25. The molecule has 6 N–H and O–H groups in total. The Balaban J connectivity index is 1.38. The Labute approximate surface area is 182 Å². The van der Waals surface area contributed by atoms with Crippen LogP contribution in [-0.2, 0) is 14.4 Å². The number of anilines is 2. The van der Waals surface area contributed by atoms with E-state index in [2.05, 4.69) is 31.0 Å². The molecule has 2 aromatic heterocycles. The number of β-lactam (4-membered cyclic amide) rings is 1. The number of nitrogens with two attached hydrogens (primary N) is 1. The van der Waals surface area contributed by atoms with Crippen LogP contribution in [-0.4, -0.2) is 77.7 Å². The molecule has 15 heteroatoms. The molecule has 2 aromatic rings. The third-order valence-corrected chi connectivity index (χ3v) is 7.33. The molecule has 0 spiro atoms. The molecule has 2 amide bonds. The van der Waals surface area contributed by atoms with Crippen molar-refractivity contribution in [2.45, 2.75) is 16.4 Å². The van der Waals surface area contributed by atoms with E-state index in [4.69, 9.17) is 5.73 Å². The minimum Gasteiger partial charge on any atom is -0.477 e. The molecule has 2 atom stereocenters. The number of thiazole rings is 1. The number of fused-ring (bicyclic) bond motifs is 1. The molecular formula is C15H16N8O4S3. The third-order valence-electron chi connectivity index (χ3n) is 4.31. The van der Waals surface area contributed by atoms with Gasteiger partial charge in [0.1, 0.15) is 28.0 Å². The van der Waals surface area contributed by atoms with E-state index in [9.17, 15) is 19.5 Å². The van der Waals surface area contributed by atoms with Crippen LogP contribution in [0.4, 0.5) is 10.9 Å². The summed E-state index contributed by atoms with van der Waals surface area (Å²) in [4.78, 5) is 41.9. The van der Waals surface area contributed by atoms with Crippen molar-refractivity contribution >= 4 is 63.6 Å². The van der Waals surface area contributed by atoms with Gasteiger partial charge in [0.15, 0.2) is 5.13 Å². The Morgan fingerprint density at radius 1 is 1.47 bits per heavy atom. The quantitative estimate of drug-likeness (QED) is 0.255. The first kappa shape index (κ1) is 20.5. The zero-order valence-electron chi connectivity index (χ0n) is 15.2. The number of carboxylic acids is 1. The molecule has 12 nitrogen and oxygen atoms in total. The minimum absolute atomic E-state index is 0.0229. The second-order valence-corrected chi connectivity index (χ2v) is 9.26. The molecule has 1 saturated heterocycles. The van der Waals surface area contributed by atoms with E-state index < -0.39 is 29.2 Å². The van der Waals surface area contributed by atoms with Crippen LogP contribution in [0.1, 0.15) is 0 Å². The maximum atomic E-state index is 12.6. The molecular weight excluding hydrogens is 452 g/mol. The van der Waals surface area contributed by atoms with Crippen molar-refractivity contribution < 1.29 is 19.5 Å². The minimum atomic E-state index is -1.17. The number of thioether (sulfide) groups is 2. The van der Waals surface area contributed by atoms with Crippen molar-refractivity contribution in [1.29, 1.82) is 0 Å². The summed E-state index contributed by atoms with van der Waals surface area (Å²) < 4.78 is 0. The van der Waals surface area contributed by atoms with Crippen LogP contribution >= 0.6 is 34.9 Å². The van der Waals surface area contributed by atoms with Gasteiger partial charge in [-0.3, -0.25) is 19.6 Å². The van der Waals surface area contributed by atoms with Crippen LogP contribution in [0.2, 0.25) is 0 Å². The first-order chi connectivity index (χ1) is 14.4. The van der Waals surface area contributed by atoms with Crippen molar-refractivity contribution in [2.24, 2.45) is 0 Å². The number of aromatic nitrogens is 4. The van der Waals surface area contributed by atoms with Gasteiger partial charge in [-0.25, -0.2) is 9.78 Å². The van der Waals surface area contributed by atoms with Crippen molar-refractivity contribution in [1.82, 2.24) is 30.6 Å². The number of H-pyrrole nitrogens is 1. The summed E-state index contributed by atoms with van der Waals surface area (Å²) in [6, 6.07) is -0.773. The summed E-state index contributed by atoms with van der Waals surface area (Å²) in [7, 11) is 0. The molecule has 1 fully saturated rings. The van der Waals surface area contributed by atoms with Gasteiger partial charge in [0.25, 0.3) is 5.91 Å². The summed E-state index contributed by atoms with van der Waals surface area (Å²) in [5.41, 5.74) is 6.14. The topological polar surface area (TPSA) is 179 Å². The van der Waals surface area contributed by atoms with Crippen molar-refractivity contribution in [2.75, 3.05) is 29.1 Å². The summed E-state index contributed by atoms with van der Waals surface area (Å²) in [5, 5.41) is 27.5. The van der Waals surface area contributed by atoms with Gasteiger partial charge in [0.05, 0.1) is 12.7 Å². The molecule has 0 bridgehead atoms. The number of hydrogen-bond acceptors (Lipinski definition) is 11. The average molecular weight is 469 g/mol. The van der Waals surface area contributed by atoms with Crippen LogP contribution < -0.4 is 16.4 Å². The van der Waals surface area contributed by atoms with Crippen LogP contribution in [0.5, 0.6) is 0 Å². The molecule has 0 aromatic carbocycles. The number of nitrogens with zero attached hydrogens (tertiary/aromatic N) is 4. The molecule has 0 unspecified atom stereocenters. The monoisotopic (exact) mass is 468 g/mol. The Bertz CT molecular complexity index is 1010. The second kappa shape index (κ2) is 8.53. The maximum Gasteiger partial charge on any atom is 0.352 e. The van der Waals surface area contributed by atoms with E-state index in [0.29, 0.717) is 33.1 Å². The fourth-order valence-electron chi connectivity index (χ4n) is 2.98. The van der Waals surface area contributed by atoms with Gasteiger partial charge >= 0.3 is 5.97 Å². The van der Waals surface area contributed by atoms with Crippen molar-refractivity contribution in [3.05, 3.63) is 22.8 Å². The number of nitrogens with one attached hydrogen (secondary N) is 3. The molecule has 0 radical (unpaired) electrons. The number of aromatic amines is 1. The highest BCUT2D eigenvalue weighted by atomic mass is 32.2. The van der Waals surface area contributed by atoms with Crippen LogP contribution in [0.25, 0.3) is 0 Å². The van der Waals surface area contributed by atoms with E-state index in [1.807, 2.05) is 0 Å². The van der Waals surface area contributed by atoms with Crippen molar-refractivity contribution in [3.8, 4) is 0 Å². The number of carbonyl (C=O) groups excluding carboxylic acids is 2. The van der Waals surface area contributed by atoms with Gasteiger partial charge < -0.3 is 21.5 Å². The van der Waals surface area contributed by atoms with Gasteiger partial charge in [-0.15, -0.1) is 40.0 Å². The SMILES string of the molecule is Nc1nc(NCC(=O)N[C@@H]2C(=O)N3C(C(=O)O)=C(CSc4cnn[nH]4)CS[C@@H]23)cs1. The van der Waals surface area contributed by atoms with Crippen LogP contribution in [0, 0.1) is 0 Å². The highest BCUT2D eigenvalue weighted by molar-refractivity contribution is 8.01. The van der Waals surface area contributed by atoms with Crippen molar-refractivity contribution in [3.63, 3.8) is 0 Å². The highest BCUT2D eigenvalue weighted by Crippen LogP contribution is 2.41. The Hall–Kier alpha value is -2.78. The van der Waals surface area contributed by atoms with Gasteiger partial charge in [-0.1, -0.05) is 5.21 Å². The standard InChI is InChI=1S/C15H16N8O4S3/c16-15-19-7(5-30-15)17-1-8(24)20-10-12(25)23-11(14(26)27)6(4-29-13(10)23)3-28-9-2-18-22-21-9/h2,5,10,13,17H,1,3-4H2,(H2,16,19)(H,20,24)(H,26,27)(H,18,21,22)/t10-,13+/m1/s1. The number of hydrogen-bond donors (Lipinski definition) is 5. The summed E-state index contributed by atoms with van der Waals surface area (Å²) in [6.45, 7) is -0.0773. The van der Waals surface area contributed by atoms with E-state index in [0.717, 1.165) is 0 Å². The Kier molecular flexibility index (Phi) is 5.83. The van der Waals surface area contributed by atoms with Crippen LogP contribution in [0.15, 0.2) is 27.9 Å². The zero-order valence-corrected chi connectivity index (χ0v) is 17.6. The number of amides is 2. The number of nitrogen functional groups attached to an aromatic ring is 1. The fraction of sp³-hybridized carbons (Fsp3) is 0.333. The lowest BCUT2D eigenvalue weighted by Gasteiger charge is -2.49. The third kappa shape index (κ3) is 4.08. The average Bonchev–Trinajstić information content (AvgIpc) is 3.39. The predicted molar refractivity (Wildman–Crippen MR) is 112 cm³/mol. The van der Waals surface area contributed by atoms with Gasteiger partial charge in [-0.2, -0.15) is 0 Å². The Morgan fingerprint density at radius 2 is 2.30 bits per heavy atom. The molecule has 2 aliphatic heterocycles. The molecule has 2 aliphatic rings. The number of carboxylic acid groups (broad SMARTS) is 1. The largest absolute Gasteiger partial charge is 0.477 e. The van der Waals surface area contributed by atoms with E-state index in [1.54, 1.807) is 11.6 Å². The normalized spacial score (nSPS) is 20.5. The van der Waals surface area contributed by atoms with E-state index >= 15 is 0 Å². The predicted octanol–water partition coefficient (Wildman–Crippen LogP) is -0.214. The summed E-state index contributed by atoms with van der Waals surface area (Å²) in [6.07, 6.45) is 1.54. The molecule has 158 valence electrons. The maximum absolute atomic E-state index is 12.6. The Morgan fingerprint density at radius 3 is 2.97 bits per heavy atom. The number of carbonyl (C=O) groups is 3. The first-order valence-electron chi connectivity index (χ1n) is 8.57. The number of aliphatic carboxylic acids is 1. The molecule has 30 heavy (non-hydrogen) atoms. The molecule has 4 rings (SSSR count). The van der Waals surface area contributed by atoms with Gasteiger partial charge in [0, 0.05) is 16.9 Å². The van der Waals surface area contributed by atoms with E-state index in [1.165, 1.54) is 39.8 Å². The molecule has 0 saturated carbocycles. The molecule has 0 aliphatic carbocycles. The number of rotatable bonds is 8. The van der Waals surface area contributed by atoms with Gasteiger partial charge in [0.2, 0.25) is 5.91 Å². The summed E-state index contributed by atoms with van der Waals surface area (Å²) in [5.74, 6) is -0.706. The summed E-state index contributed by atoms with van der Waals surface area (Å²) >= 11 is 4.02.